The monoisotopic (exact) mass is 577 g/mol. The molecule has 0 spiro atoms. The SMILES string of the molecule is CC(C)=CCC/C(C)=C/CC/C(C)=C/CC/C(C)=C/CCC(C)[P+](c1ccccc1)(c1ccccc1)c1ccccc1. The fraction of sp³-hybridized carbons (Fsp3) is 0.366. The van der Waals surface area contributed by atoms with Crippen molar-refractivity contribution in [2.45, 2.75) is 98.6 Å². The molecule has 1 atom stereocenters. The van der Waals surface area contributed by atoms with Crippen LogP contribution in [0.4, 0.5) is 0 Å². The van der Waals surface area contributed by atoms with Gasteiger partial charge in [-0.05, 0) is 129 Å². The van der Waals surface area contributed by atoms with Gasteiger partial charge in [0.05, 0.1) is 5.66 Å². The van der Waals surface area contributed by atoms with Crippen molar-refractivity contribution in [2.24, 2.45) is 0 Å². The number of allylic oxidation sites excluding steroid dienone is 8. The van der Waals surface area contributed by atoms with Crippen LogP contribution in [0, 0.1) is 0 Å². The maximum Gasteiger partial charge on any atom is 0.114 e. The predicted molar refractivity (Wildman–Crippen MR) is 192 cm³/mol. The van der Waals surface area contributed by atoms with Crippen LogP contribution in [0.5, 0.6) is 0 Å². The zero-order chi connectivity index (χ0) is 30.2. The maximum absolute atomic E-state index is 2.51. The molecule has 222 valence electrons. The van der Waals surface area contributed by atoms with E-state index in [1.165, 1.54) is 57.5 Å². The summed E-state index contributed by atoms with van der Waals surface area (Å²) in [7, 11) is -1.81. The lowest BCUT2D eigenvalue weighted by Gasteiger charge is -2.33. The van der Waals surface area contributed by atoms with Crippen molar-refractivity contribution >= 4 is 23.2 Å². The number of benzene rings is 3. The third kappa shape index (κ3) is 10.1. The summed E-state index contributed by atoms with van der Waals surface area (Å²) < 4.78 is 0. The first-order valence-corrected chi connectivity index (χ1v) is 17.9. The lowest BCUT2D eigenvalue weighted by atomic mass is 10.0. The highest BCUT2D eigenvalue weighted by Gasteiger charge is 2.49. The van der Waals surface area contributed by atoms with Gasteiger partial charge < -0.3 is 0 Å². The first-order chi connectivity index (χ1) is 20.3. The van der Waals surface area contributed by atoms with Crippen LogP contribution in [0.3, 0.4) is 0 Å². The van der Waals surface area contributed by atoms with E-state index in [1.807, 2.05) is 0 Å². The first kappa shape index (κ1) is 33.6. The van der Waals surface area contributed by atoms with Gasteiger partial charge in [-0.1, -0.05) is 101 Å². The normalized spacial score (nSPS) is 13.6. The van der Waals surface area contributed by atoms with Crippen molar-refractivity contribution in [1.29, 1.82) is 0 Å². The average molecular weight is 578 g/mol. The molecule has 3 rings (SSSR count). The van der Waals surface area contributed by atoms with Crippen molar-refractivity contribution < 1.29 is 0 Å². The van der Waals surface area contributed by atoms with Crippen molar-refractivity contribution in [3.05, 3.63) is 138 Å². The summed E-state index contributed by atoms with van der Waals surface area (Å²) in [6.07, 6.45) is 19.0. The zero-order valence-electron chi connectivity index (χ0n) is 27.2. The van der Waals surface area contributed by atoms with E-state index in [9.17, 15) is 0 Å². The van der Waals surface area contributed by atoms with Gasteiger partial charge in [0.1, 0.15) is 23.2 Å². The Morgan fingerprint density at radius 1 is 0.500 bits per heavy atom. The minimum Gasteiger partial charge on any atom is -0.0856 e. The van der Waals surface area contributed by atoms with Crippen LogP contribution < -0.4 is 15.9 Å². The maximum atomic E-state index is 2.51. The molecule has 0 fully saturated rings. The molecule has 1 heteroatoms. The first-order valence-electron chi connectivity index (χ1n) is 16.0. The van der Waals surface area contributed by atoms with Gasteiger partial charge in [-0.15, -0.1) is 0 Å². The van der Waals surface area contributed by atoms with Gasteiger partial charge in [0.15, 0.2) is 0 Å². The molecule has 0 saturated carbocycles. The largest absolute Gasteiger partial charge is 0.114 e. The predicted octanol–water partition coefficient (Wildman–Crippen LogP) is 11.3. The molecule has 0 radical (unpaired) electrons. The molecule has 0 nitrogen and oxygen atoms in total. The second-order valence-electron chi connectivity index (χ2n) is 12.2. The van der Waals surface area contributed by atoms with Crippen LogP contribution in [-0.2, 0) is 0 Å². The van der Waals surface area contributed by atoms with Crippen molar-refractivity contribution in [3.8, 4) is 0 Å². The molecule has 0 aliphatic heterocycles. The minimum atomic E-state index is -1.81. The molecule has 0 bridgehead atoms. The highest BCUT2D eigenvalue weighted by molar-refractivity contribution is 7.96. The van der Waals surface area contributed by atoms with Crippen LogP contribution in [-0.4, -0.2) is 5.66 Å². The molecule has 0 aliphatic rings. The van der Waals surface area contributed by atoms with Gasteiger partial charge in [0.2, 0.25) is 0 Å². The topological polar surface area (TPSA) is 0 Å². The second kappa shape index (κ2) is 17.9. The van der Waals surface area contributed by atoms with E-state index in [4.69, 9.17) is 0 Å². The Labute approximate surface area is 258 Å². The van der Waals surface area contributed by atoms with Crippen LogP contribution in [0.1, 0.15) is 92.9 Å². The fourth-order valence-electron chi connectivity index (χ4n) is 5.95. The summed E-state index contributed by atoms with van der Waals surface area (Å²) in [4.78, 5) is 0. The summed E-state index contributed by atoms with van der Waals surface area (Å²) in [5.74, 6) is 0. The molecule has 3 aromatic rings. The molecule has 0 N–H and O–H groups in total. The fourth-order valence-corrected chi connectivity index (χ4v) is 10.8. The molecule has 3 aromatic carbocycles. The molecule has 0 saturated heterocycles. The highest BCUT2D eigenvalue weighted by Crippen LogP contribution is 2.60. The summed E-state index contributed by atoms with van der Waals surface area (Å²) in [5, 5.41) is 4.44. The smallest absolute Gasteiger partial charge is 0.0856 e. The third-order valence-electron chi connectivity index (χ3n) is 8.38. The molecule has 0 aliphatic carbocycles. The van der Waals surface area contributed by atoms with E-state index in [2.05, 4.69) is 157 Å². The van der Waals surface area contributed by atoms with E-state index in [0.29, 0.717) is 5.66 Å². The Hall–Kier alpha value is -2.95. The molecule has 42 heavy (non-hydrogen) atoms. The van der Waals surface area contributed by atoms with Gasteiger partial charge in [-0.25, -0.2) is 0 Å². The van der Waals surface area contributed by atoms with Gasteiger partial charge in [-0.3, -0.25) is 0 Å². The number of hydrogen-bond acceptors (Lipinski definition) is 0. The summed E-state index contributed by atoms with van der Waals surface area (Å²) in [6.45, 7) is 13.8. The van der Waals surface area contributed by atoms with Crippen LogP contribution in [0.15, 0.2) is 138 Å². The lowest BCUT2D eigenvalue weighted by molar-refractivity contribution is 0.811. The molecule has 1 unspecified atom stereocenters. The quantitative estimate of drug-likeness (QED) is 0.117. The van der Waals surface area contributed by atoms with Crippen molar-refractivity contribution in [1.82, 2.24) is 0 Å². The molecule has 0 heterocycles. The standard InChI is InChI=1S/C41H54P/c1-34(2)20-16-21-35(3)22-17-23-36(4)24-18-25-37(5)26-19-27-38(6)42(39-28-10-7-11-29-39,40-30-12-8-13-31-40)41-32-14-9-15-33-41/h7-15,20,22,24,26,28-33,38H,16-19,21,23,25,27H2,1-6H3/q+1/b35-22+,36-24+,37-26+. The minimum absolute atomic E-state index is 0.536. The molecular weight excluding hydrogens is 523 g/mol. The highest BCUT2D eigenvalue weighted by atomic mass is 31.2. The Morgan fingerprint density at radius 2 is 0.833 bits per heavy atom. The van der Waals surface area contributed by atoms with Crippen LogP contribution >= 0.6 is 7.26 Å². The number of rotatable bonds is 16. The van der Waals surface area contributed by atoms with E-state index in [0.717, 1.165) is 32.1 Å². The van der Waals surface area contributed by atoms with E-state index < -0.39 is 7.26 Å². The summed E-state index contributed by atoms with van der Waals surface area (Å²) in [6, 6.07) is 33.9. The van der Waals surface area contributed by atoms with E-state index in [-0.39, 0.29) is 0 Å². The zero-order valence-corrected chi connectivity index (χ0v) is 28.0. The van der Waals surface area contributed by atoms with E-state index >= 15 is 0 Å². The van der Waals surface area contributed by atoms with Crippen LogP contribution in [0.2, 0.25) is 0 Å². The van der Waals surface area contributed by atoms with Crippen LogP contribution in [0.25, 0.3) is 0 Å². The second-order valence-corrected chi connectivity index (χ2v) is 16.1. The molecule has 0 aromatic heterocycles. The van der Waals surface area contributed by atoms with Crippen molar-refractivity contribution in [3.63, 3.8) is 0 Å². The Morgan fingerprint density at radius 3 is 1.19 bits per heavy atom. The Balaban J connectivity index is 1.63. The molecular formula is C41H54P+. The van der Waals surface area contributed by atoms with E-state index in [1.54, 1.807) is 0 Å². The van der Waals surface area contributed by atoms with Gasteiger partial charge in [0.25, 0.3) is 0 Å². The molecule has 0 amide bonds. The van der Waals surface area contributed by atoms with Gasteiger partial charge >= 0.3 is 0 Å². The van der Waals surface area contributed by atoms with Gasteiger partial charge in [-0.2, -0.15) is 0 Å². The third-order valence-corrected chi connectivity index (χ3v) is 13.3. The number of hydrogen-bond donors (Lipinski definition) is 0. The van der Waals surface area contributed by atoms with Gasteiger partial charge in [0, 0.05) is 0 Å². The summed E-state index contributed by atoms with van der Waals surface area (Å²) in [5.41, 5.74) is 6.51. The average Bonchev–Trinajstić information content (AvgIpc) is 2.99. The van der Waals surface area contributed by atoms with Crippen molar-refractivity contribution in [2.75, 3.05) is 0 Å². The Kier molecular flexibility index (Phi) is 14.3. The lowest BCUT2D eigenvalue weighted by Crippen LogP contribution is -2.37. The Bertz CT molecular complexity index is 1210. The summed E-state index contributed by atoms with van der Waals surface area (Å²) >= 11 is 0.